The number of ether oxygens (including phenoxy) is 13. The van der Waals surface area contributed by atoms with E-state index in [4.69, 9.17) is 61.6 Å². The molecule has 0 aromatic heterocycles. The van der Waals surface area contributed by atoms with Crippen molar-refractivity contribution in [1.29, 1.82) is 0 Å². The topological polar surface area (TPSA) is 339 Å². The third-order valence-electron chi connectivity index (χ3n) is 11.3. The van der Waals surface area contributed by atoms with Crippen LogP contribution in [0, 0.1) is 0 Å². The quantitative estimate of drug-likeness (QED) is 0.0575. The van der Waals surface area contributed by atoms with E-state index in [-0.39, 0.29) is 26.4 Å². The van der Waals surface area contributed by atoms with Crippen molar-refractivity contribution in [3.05, 3.63) is 0 Å². The molecule has 8 aliphatic rings. The smallest absolute Gasteiger partial charge is 0.305 e. The lowest BCUT2D eigenvalue weighted by Crippen LogP contribution is -2.66. The number of rotatable bonds is 14. The highest BCUT2D eigenvalue weighted by molar-refractivity contribution is 5.66. The summed E-state index contributed by atoms with van der Waals surface area (Å²) >= 11 is 0. The Morgan fingerprint density at radius 3 is 1.21 bits per heavy atom. The molecule has 0 spiro atoms. The van der Waals surface area contributed by atoms with Crippen molar-refractivity contribution >= 4 is 5.97 Å². The van der Waals surface area contributed by atoms with Gasteiger partial charge in [-0.25, -0.2) is 0 Å². The third-order valence-corrected chi connectivity index (χ3v) is 11.3. The van der Waals surface area contributed by atoms with Crippen LogP contribution >= 0.6 is 0 Å². The number of hydrogen-bond acceptors (Lipinski definition) is 24. The zero-order valence-electron chi connectivity index (χ0n) is 29.9. The fourth-order valence-corrected chi connectivity index (χ4v) is 8.61. The van der Waals surface area contributed by atoms with E-state index in [1.807, 2.05) is 0 Å². The van der Waals surface area contributed by atoms with Crippen molar-refractivity contribution in [3.8, 4) is 0 Å². The molecule has 8 rings (SSSR count). The summed E-state index contributed by atoms with van der Waals surface area (Å²) in [6, 6.07) is 0. The molecule has 8 saturated heterocycles. The van der Waals surface area contributed by atoms with Crippen LogP contribution in [0.15, 0.2) is 0 Å². The zero-order valence-corrected chi connectivity index (χ0v) is 29.9. The number of carbonyl (C=O) groups excluding carboxylic acids is 1. The number of esters is 1. The van der Waals surface area contributed by atoms with Crippen molar-refractivity contribution in [3.63, 3.8) is 0 Å². The molecule has 0 aromatic carbocycles. The fourth-order valence-electron chi connectivity index (χ4n) is 8.61. The fraction of sp³-hybridized carbons (Fsp3) is 0.969. The first kappa shape index (κ1) is 41.3. The second-order valence-electron chi connectivity index (χ2n) is 15.4. The molecule has 21 atom stereocenters. The lowest BCUT2D eigenvalue weighted by atomic mass is 9.97. The van der Waals surface area contributed by atoms with Crippen LogP contribution in [0.25, 0.3) is 0 Å². The molecule has 24 nitrogen and oxygen atoms in total. The first-order valence-corrected chi connectivity index (χ1v) is 18.2. The summed E-state index contributed by atoms with van der Waals surface area (Å²) < 4.78 is 74.9. The molecular formula is C32H48O24. The second-order valence-corrected chi connectivity index (χ2v) is 15.4. The molecule has 0 bridgehead atoms. The van der Waals surface area contributed by atoms with Gasteiger partial charge in [0.2, 0.25) is 29.4 Å². The Morgan fingerprint density at radius 2 is 0.875 bits per heavy atom. The van der Waals surface area contributed by atoms with Gasteiger partial charge in [0, 0.05) is 6.92 Å². The summed E-state index contributed by atoms with van der Waals surface area (Å²) in [4.78, 5) is 12.9. The Morgan fingerprint density at radius 1 is 0.554 bits per heavy atom. The average Bonchev–Trinajstić information content (AvgIpc) is 4.02. The van der Waals surface area contributed by atoms with E-state index >= 15 is 0 Å². The monoisotopic (exact) mass is 816 g/mol. The Bertz CT molecular complexity index is 1430. The van der Waals surface area contributed by atoms with Crippen LogP contribution in [0.4, 0.5) is 0 Å². The van der Waals surface area contributed by atoms with Gasteiger partial charge in [-0.3, -0.25) is 4.79 Å². The summed E-state index contributed by atoms with van der Waals surface area (Å²) in [5, 5.41) is 112. The van der Waals surface area contributed by atoms with E-state index in [9.17, 15) is 55.9 Å². The molecule has 0 amide bonds. The lowest BCUT2D eigenvalue weighted by Gasteiger charge is -2.46. The van der Waals surface area contributed by atoms with Gasteiger partial charge in [-0.15, -0.1) is 0 Å². The number of carbonyl (C=O) groups is 1. The van der Waals surface area contributed by atoms with Gasteiger partial charge in [0.15, 0.2) is 6.10 Å². The third kappa shape index (κ3) is 7.08. The molecule has 0 aliphatic carbocycles. The highest BCUT2D eigenvalue weighted by atomic mass is 16.8. The Balaban J connectivity index is 1.23. The molecule has 8 aliphatic heterocycles. The summed E-state index contributed by atoms with van der Waals surface area (Å²) in [5.74, 6) is -11.4. The molecule has 0 saturated carbocycles. The van der Waals surface area contributed by atoms with Crippen molar-refractivity contribution in [1.82, 2.24) is 0 Å². The molecule has 0 aromatic rings. The highest BCUT2D eigenvalue weighted by Gasteiger charge is 2.66. The van der Waals surface area contributed by atoms with Gasteiger partial charge in [0.25, 0.3) is 0 Å². The van der Waals surface area contributed by atoms with Crippen molar-refractivity contribution in [2.24, 2.45) is 0 Å². The van der Waals surface area contributed by atoms with E-state index < -0.39 is 166 Å². The van der Waals surface area contributed by atoms with Gasteiger partial charge in [0.05, 0.1) is 33.0 Å². The van der Waals surface area contributed by atoms with Crippen molar-refractivity contribution < 1.29 is 117 Å². The maximum absolute atomic E-state index is 12.9. The predicted octanol–water partition coefficient (Wildman–Crippen LogP) is -8.21. The summed E-state index contributed by atoms with van der Waals surface area (Å²) in [5.41, 5.74) is 0. The first-order chi connectivity index (χ1) is 26.5. The second kappa shape index (κ2) is 15.2. The van der Waals surface area contributed by atoms with Crippen LogP contribution in [-0.4, -0.2) is 244 Å². The molecule has 0 radical (unpaired) electrons. The zero-order chi connectivity index (χ0) is 39.9. The van der Waals surface area contributed by atoms with E-state index in [0.29, 0.717) is 0 Å². The number of fused-ring (bicyclic) bond motifs is 4. The lowest BCUT2D eigenvalue weighted by molar-refractivity contribution is -0.395. The standard InChI is InChI=1S/C32H48O24/c1-11(34)52-28(56-32(43)10-51-21-16(39)6-47-27(21)32)23(55-31(42)9-50-20-15(38)5-46-26(20)31)22(54-30(41)8-49-19-14(37)4-45-25(19)30)17(12(35)2-33)53-29(40)7-48-18-13(36)3-44-24(18)29/h12-28,33,35-43H,2-10H2,1H3/t12-,13-,14-,15-,16-,17-,18-,19-,20-,21-,22+,23-,24+,25+,26+,27+,28?,29+,30+,31+,32+/m1/s1. The maximum Gasteiger partial charge on any atom is 0.305 e. The van der Waals surface area contributed by atoms with Crippen LogP contribution in [0.5, 0.6) is 0 Å². The molecule has 1 unspecified atom stereocenters. The van der Waals surface area contributed by atoms with E-state index in [1.165, 1.54) is 0 Å². The number of aliphatic hydroxyl groups excluding tert-OH is 6. The van der Waals surface area contributed by atoms with Crippen molar-refractivity contribution in [2.45, 2.75) is 134 Å². The minimum Gasteiger partial charge on any atom is -0.433 e. The summed E-state index contributed by atoms with van der Waals surface area (Å²) in [6.45, 7) is -4.24. The maximum atomic E-state index is 12.9. The van der Waals surface area contributed by atoms with Gasteiger partial charge in [-0.05, 0) is 0 Å². The minimum absolute atomic E-state index is 0.287. The van der Waals surface area contributed by atoms with E-state index in [0.717, 1.165) is 6.92 Å². The molecule has 24 heteroatoms. The van der Waals surface area contributed by atoms with Gasteiger partial charge >= 0.3 is 5.97 Å². The highest BCUT2D eigenvalue weighted by Crippen LogP contribution is 2.44. The van der Waals surface area contributed by atoms with Crippen LogP contribution in [-0.2, 0) is 66.4 Å². The predicted molar refractivity (Wildman–Crippen MR) is 166 cm³/mol. The van der Waals surface area contributed by atoms with E-state index in [2.05, 4.69) is 0 Å². The molecular weight excluding hydrogens is 768 g/mol. The first-order valence-electron chi connectivity index (χ1n) is 18.2. The SMILES string of the molecule is CC(=O)OC(O[C@@]1(O)CO[C@@H]2[C@H](O)CO[C@@H]21)[C@H](O[C@@]1(O)CO[C@@H]2[C@H](O)CO[C@@H]21)[C@@H](O[C@@]1(O)CO[C@@H]2[C@H](O)CO[C@@H]21)[C@H](O[C@@]1(O)CO[C@@H]2[C@H](O)CO[C@@H]21)[C@H](O)CO. The average molecular weight is 817 g/mol. The van der Waals surface area contributed by atoms with Crippen LogP contribution in [0.3, 0.4) is 0 Å². The summed E-state index contributed by atoms with van der Waals surface area (Å²) in [6.07, 6.45) is -26.3. The Hall–Kier alpha value is -1.41. The Labute approximate surface area is 317 Å². The molecule has 56 heavy (non-hydrogen) atoms. The minimum atomic E-state index is -2.61. The number of aliphatic hydroxyl groups is 10. The number of hydrogen-bond donors (Lipinski definition) is 10. The molecule has 320 valence electrons. The van der Waals surface area contributed by atoms with Gasteiger partial charge in [-0.1, -0.05) is 0 Å². The normalized spacial score (nSPS) is 50.7. The van der Waals surface area contributed by atoms with Crippen LogP contribution < -0.4 is 0 Å². The van der Waals surface area contributed by atoms with Gasteiger partial charge in [-0.2, -0.15) is 0 Å². The van der Waals surface area contributed by atoms with Gasteiger partial charge < -0.3 is 113 Å². The Kier molecular flexibility index (Phi) is 11.3. The van der Waals surface area contributed by atoms with Gasteiger partial charge in [0.1, 0.15) is 118 Å². The largest absolute Gasteiger partial charge is 0.433 e. The van der Waals surface area contributed by atoms with Crippen molar-refractivity contribution in [2.75, 3.05) is 59.5 Å². The van der Waals surface area contributed by atoms with E-state index in [1.54, 1.807) is 0 Å². The molecule has 8 fully saturated rings. The van der Waals surface area contributed by atoms with Crippen LogP contribution in [0.1, 0.15) is 6.92 Å². The van der Waals surface area contributed by atoms with Crippen LogP contribution in [0.2, 0.25) is 0 Å². The molecule has 8 heterocycles. The summed E-state index contributed by atoms with van der Waals surface area (Å²) in [7, 11) is 0. The molecule has 10 N–H and O–H groups in total.